The van der Waals surface area contributed by atoms with Crippen molar-refractivity contribution in [2.75, 3.05) is 0 Å². The summed E-state index contributed by atoms with van der Waals surface area (Å²) in [6.07, 6.45) is 1.48. The Morgan fingerprint density at radius 1 is 1.64 bits per heavy atom. The first-order chi connectivity index (χ1) is 6.49. The highest BCUT2D eigenvalue weighted by molar-refractivity contribution is 5.92. The first kappa shape index (κ1) is 10.2. The van der Waals surface area contributed by atoms with Crippen LogP contribution in [0.3, 0.4) is 0 Å². The van der Waals surface area contributed by atoms with Gasteiger partial charge in [-0.15, -0.1) is 0 Å². The molecule has 1 rings (SSSR count). The highest BCUT2D eigenvalue weighted by Gasteiger charge is 2.25. The number of carbonyl (C=O) groups excluding carboxylic acids is 1. The van der Waals surface area contributed by atoms with Gasteiger partial charge in [0, 0.05) is 11.8 Å². The molecule has 1 amide bonds. The van der Waals surface area contributed by atoms with Gasteiger partial charge < -0.3 is 5.73 Å². The van der Waals surface area contributed by atoms with Gasteiger partial charge in [0.2, 0.25) is 0 Å². The Morgan fingerprint density at radius 3 is 2.79 bits per heavy atom. The number of nitrogens with zero attached hydrogens (tertiary/aromatic N) is 2. The molecule has 4 nitrogen and oxygen atoms in total. The van der Waals surface area contributed by atoms with Crippen LogP contribution in [0.5, 0.6) is 0 Å². The van der Waals surface area contributed by atoms with Crippen molar-refractivity contribution < 1.29 is 4.79 Å². The Hall–Kier alpha value is -1.89. The monoisotopic (exact) mass is 189 g/mol. The first-order valence-electron chi connectivity index (χ1n) is 4.15. The van der Waals surface area contributed by atoms with Crippen LogP contribution in [0.25, 0.3) is 0 Å². The van der Waals surface area contributed by atoms with Gasteiger partial charge in [-0.25, -0.2) is 0 Å². The Morgan fingerprint density at radius 2 is 2.29 bits per heavy atom. The van der Waals surface area contributed by atoms with Crippen LogP contribution in [0.2, 0.25) is 0 Å². The average molecular weight is 189 g/mol. The molecule has 0 aromatic carbocycles. The van der Waals surface area contributed by atoms with E-state index in [2.05, 4.69) is 11.1 Å². The number of rotatable bonds is 2. The van der Waals surface area contributed by atoms with Crippen LogP contribution in [-0.4, -0.2) is 10.9 Å². The summed E-state index contributed by atoms with van der Waals surface area (Å²) < 4.78 is 0. The van der Waals surface area contributed by atoms with Crippen LogP contribution in [0, 0.1) is 11.3 Å². The SMILES string of the molecule is CC(C)(C#N)c1cccnc1C(N)=O. The summed E-state index contributed by atoms with van der Waals surface area (Å²) in [7, 11) is 0. The Kier molecular flexibility index (Phi) is 2.52. The molecule has 0 spiro atoms. The molecule has 72 valence electrons. The molecular weight excluding hydrogens is 178 g/mol. The molecule has 0 saturated carbocycles. The van der Waals surface area contributed by atoms with Crippen molar-refractivity contribution in [2.45, 2.75) is 19.3 Å². The lowest BCUT2D eigenvalue weighted by molar-refractivity contribution is 0.0993. The van der Waals surface area contributed by atoms with E-state index >= 15 is 0 Å². The fraction of sp³-hybridized carbons (Fsp3) is 0.300. The second-order valence-corrected chi connectivity index (χ2v) is 3.50. The van der Waals surface area contributed by atoms with Gasteiger partial charge in [-0.05, 0) is 19.9 Å². The minimum absolute atomic E-state index is 0.166. The number of pyridine rings is 1. The maximum atomic E-state index is 11.0. The summed E-state index contributed by atoms with van der Waals surface area (Å²) in [4.78, 5) is 14.9. The van der Waals surface area contributed by atoms with Gasteiger partial charge in [0.05, 0.1) is 11.5 Å². The molecule has 0 radical (unpaired) electrons. The van der Waals surface area contributed by atoms with E-state index in [4.69, 9.17) is 11.0 Å². The molecule has 14 heavy (non-hydrogen) atoms. The molecule has 0 bridgehead atoms. The zero-order chi connectivity index (χ0) is 10.8. The van der Waals surface area contributed by atoms with Crippen molar-refractivity contribution in [3.63, 3.8) is 0 Å². The standard InChI is InChI=1S/C10H11N3O/c1-10(2,6-11)7-4-3-5-13-8(7)9(12)14/h3-5H,1-2H3,(H2,12,14). The molecule has 0 saturated heterocycles. The molecule has 1 aromatic heterocycles. The van der Waals surface area contributed by atoms with Crippen molar-refractivity contribution in [1.29, 1.82) is 5.26 Å². The third kappa shape index (κ3) is 1.72. The zero-order valence-corrected chi connectivity index (χ0v) is 8.11. The molecule has 1 aromatic rings. The predicted molar refractivity (Wildman–Crippen MR) is 51.4 cm³/mol. The molecule has 1 heterocycles. The van der Waals surface area contributed by atoms with Gasteiger partial charge in [0.15, 0.2) is 0 Å². The third-order valence-corrected chi connectivity index (χ3v) is 1.99. The number of hydrogen-bond donors (Lipinski definition) is 1. The van der Waals surface area contributed by atoms with E-state index in [1.54, 1.807) is 26.0 Å². The lowest BCUT2D eigenvalue weighted by Gasteiger charge is -2.17. The van der Waals surface area contributed by atoms with Crippen LogP contribution in [-0.2, 0) is 5.41 Å². The molecule has 2 N–H and O–H groups in total. The Balaban J connectivity index is 3.36. The van der Waals surface area contributed by atoms with Gasteiger partial charge in [0.1, 0.15) is 5.69 Å². The third-order valence-electron chi connectivity index (χ3n) is 1.99. The lowest BCUT2D eigenvalue weighted by Crippen LogP contribution is -2.23. The largest absolute Gasteiger partial charge is 0.364 e. The number of nitriles is 1. The van der Waals surface area contributed by atoms with E-state index in [0.717, 1.165) is 0 Å². The van der Waals surface area contributed by atoms with E-state index in [-0.39, 0.29) is 5.69 Å². The Bertz CT molecular complexity index is 404. The quantitative estimate of drug-likeness (QED) is 0.753. The zero-order valence-electron chi connectivity index (χ0n) is 8.11. The highest BCUT2D eigenvalue weighted by atomic mass is 16.1. The number of nitrogens with two attached hydrogens (primary N) is 1. The van der Waals surface area contributed by atoms with Gasteiger partial charge in [-0.3, -0.25) is 9.78 Å². The molecule has 0 aliphatic carbocycles. The van der Waals surface area contributed by atoms with Crippen molar-refractivity contribution in [3.8, 4) is 6.07 Å². The highest BCUT2D eigenvalue weighted by Crippen LogP contribution is 2.23. The maximum absolute atomic E-state index is 11.0. The fourth-order valence-corrected chi connectivity index (χ4v) is 1.17. The number of amides is 1. The number of hydrogen-bond acceptors (Lipinski definition) is 3. The van der Waals surface area contributed by atoms with Crippen LogP contribution >= 0.6 is 0 Å². The summed E-state index contributed by atoms with van der Waals surface area (Å²) >= 11 is 0. The second-order valence-electron chi connectivity index (χ2n) is 3.50. The molecule has 0 unspecified atom stereocenters. The van der Waals surface area contributed by atoms with E-state index in [1.165, 1.54) is 6.20 Å². The summed E-state index contributed by atoms with van der Waals surface area (Å²) in [6, 6.07) is 5.48. The minimum atomic E-state index is -0.751. The van der Waals surface area contributed by atoms with Gasteiger partial charge in [-0.2, -0.15) is 5.26 Å². The molecule has 0 fully saturated rings. The van der Waals surface area contributed by atoms with E-state index < -0.39 is 11.3 Å². The van der Waals surface area contributed by atoms with Gasteiger partial charge >= 0.3 is 0 Å². The van der Waals surface area contributed by atoms with Crippen LogP contribution < -0.4 is 5.73 Å². The normalized spacial score (nSPS) is 10.6. The fourth-order valence-electron chi connectivity index (χ4n) is 1.17. The average Bonchev–Trinajstić information content (AvgIpc) is 2.18. The summed E-state index contributed by atoms with van der Waals surface area (Å²) in [5.74, 6) is -0.607. The van der Waals surface area contributed by atoms with Crippen molar-refractivity contribution in [1.82, 2.24) is 4.98 Å². The van der Waals surface area contributed by atoms with Crippen LogP contribution in [0.4, 0.5) is 0 Å². The molecular formula is C10H11N3O. The van der Waals surface area contributed by atoms with E-state index in [0.29, 0.717) is 5.56 Å². The van der Waals surface area contributed by atoms with Crippen LogP contribution in [0.1, 0.15) is 29.9 Å². The number of aromatic nitrogens is 1. The smallest absolute Gasteiger partial charge is 0.267 e. The molecule has 4 heteroatoms. The van der Waals surface area contributed by atoms with Crippen LogP contribution in [0.15, 0.2) is 18.3 Å². The Labute approximate surface area is 82.4 Å². The molecule has 0 aliphatic heterocycles. The van der Waals surface area contributed by atoms with Crippen molar-refractivity contribution >= 4 is 5.91 Å². The molecule has 0 atom stereocenters. The predicted octanol–water partition coefficient (Wildman–Crippen LogP) is 0.982. The minimum Gasteiger partial charge on any atom is -0.364 e. The van der Waals surface area contributed by atoms with E-state index in [9.17, 15) is 4.79 Å². The topological polar surface area (TPSA) is 79.8 Å². The summed E-state index contributed by atoms with van der Waals surface area (Å²) in [5, 5.41) is 8.92. The van der Waals surface area contributed by atoms with Gasteiger partial charge in [0.25, 0.3) is 5.91 Å². The summed E-state index contributed by atoms with van der Waals surface area (Å²) in [5.41, 5.74) is 5.13. The maximum Gasteiger partial charge on any atom is 0.267 e. The lowest BCUT2D eigenvalue weighted by atomic mass is 9.85. The molecule has 0 aliphatic rings. The first-order valence-corrected chi connectivity index (χ1v) is 4.15. The summed E-state index contributed by atoms with van der Waals surface area (Å²) in [6.45, 7) is 3.44. The van der Waals surface area contributed by atoms with Crippen molar-refractivity contribution in [3.05, 3.63) is 29.6 Å². The number of primary amides is 1. The second kappa shape index (κ2) is 3.46. The van der Waals surface area contributed by atoms with Gasteiger partial charge in [-0.1, -0.05) is 6.07 Å². The van der Waals surface area contributed by atoms with Crippen molar-refractivity contribution in [2.24, 2.45) is 5.73 Å². The number of carbonyl (C=O) groups is 1. The van der Waals surface area contributed by atoms with E-state index in [1.807, 2.05) is 0 Å².